The molecule has 0 amide bonds. The molecule has 0 bridgehead atoms. The summed E-state index contributed by atoms with van der Waals surface area (Å²) in [6, 6.07) is 4.28. The standard InChI is InChI=1S/C21H23N3O9/c1-5-30-15-8-12(7-14(24(28)29)18(15)32-11(4)20(25)26)17-13(9-22)19(23)33-10(3)16(17)21(27)31-6-2/h7-8,11,17H,5-6,23H2,1-4H3,(H,25,26). The van der Waals surface area contributed by atoms with Gasteiger partial charge in [-0.2, -0.15) is 5.26 Å². The fraction of sp³-hybridized carbons (Fsp3) is 0.381. The molecule has 0 saturated carbocycles. The molecule has 12 heteroatoms. The van der Waals surface area contributed by atoms with Crippen LogP contribution in [0.2, 0.25) is 0 Å². The maximum atomic E-state index is 12.7. The van der Waals surface area contributed by atoms with Crippen molar-refractivity contribution in [3.8, 4) is 17.6 Å². The molecule has 0 saturated heterocycles. The molecule has 2 unspecified atom stereocenters. The number of hydrogen-bond donors (Lipinski definition) is 2. The maximum Gasteiger partial charge on any atom is 0.344 e. The van der Waals surface area contributed by atoms with E-state index in [2.05, 4.69) is 0 Å². The number of nitriles is 1. The average molecular weight is 461 g/mol. The molecule has 1 aliphatic heterocycles. The average Bonchev–Trinajstić information content (AvgIpc) is 2.74. The summed E-state index contributed by atoms with van der Waals surface area (Å²) in [5.74, 6) is -4.04. The monoisotopic (exact) mass is 461 g/mol. The van der Waals surface area contributed by atoms with E-state index in [0.29, 0.717) is 0 Å². The Hall–Kier alpha value is -4.27. The summed E-state index contributed by atoms with van der Waals surface area (Å²) in [6.07, 6.45) is -1.42. The molecule has 1 aromatic carbocycles. The lowest BCUT2D eigenvalue weighted by Gasteiger charge is -2.27. The molecule has 2 atom stereocenters. The minimum absolute atomic E-state index is 0.0353. The lowest BCUT2D eigenvalue weighted by atomic mass is 9.82. The van der Waals surface area contributed by atoms with Gasteiger partial charge in [-0.1, -0.05) is 0 Å². The van der Waals surface area contributed by atoms with Gasteiger partial charge in [0.1, 0.15) is 17.4 Å². The van der Waals surface area contributed by atoms with Crippen molar-refractivity contribution in [2.45, 2.75) is 39.7 Å². The second-order valence-electron chi connectivity index (χ2n) is 6.77. The summed E-state index contributed by atoms with van der Waals surface area (Å²) in [7, 11) is 0. The summed E-state index contributed by atoms with van der Waals surface area (Å²) in [5.41, 5.74) is 5.12. The number of aliphatic carboxylic acids is 1. The van der Waals surface area contributed by atoms with Gasteiger partial charge in [0.25, 0.3) is 0 Å². The SMILES string of the molecule is CCOC(=O)C1=C(C)OC(N)=C(C#N)C1c1cc(OCC)c(OC(C)C(=O)O)c([N+](=O)[O-])c1. The Balaban J connectivity index is 2.82. The highest BCUT2D eigenvalue weighted by atomic mass is 16.6. The van der Waals surface area contributed by atoms with E-state index in [1.54, 1.807) is 13.8 Å². The smallest absolute Gasteiger partial charge is 0.344 e. The van der Waals surface area contributed by atoms with E-state index in [1.807, 2.05) is 6.07 Å². The van der Waals surface area contributed by atoms with Crippen molar-refractivity contribution in [3.05, 3.63) is 50.6 Å². The van der Waals surface area contributed by atoms with Crippen molar-refractivity contribution in [3.63, 3.8) is 0 Å². The Labute approximate surface area is 188 Å². The molecule has 2 rings (SSSR count). The van der Waals surface area contributed by atoms with E-state index in [9.17, 15) is 25.0 Å². The van der Waals surface area contributed by atoms with Crippen molar-refractivity contribution >= 4 is 17.6 Å². The second kappa shape index (κ2) is 10.4. The summed E-state index contributed by atoms with van der Waals surface area (Å²) >= 11 is 0. The molecular formula is C21H23N3O9. The number of allylic oxidation sites excluding steroid dienone is 2. The second-order valence-corrected chi connectivity index (χ2v) is 6.77. The first kappa shape index (κ1) is 25.0. The minimum atomic E-state index is -1.42. The summed E-state index contributed by atoms with van der Waals surface area (Å²) in [5, 5.41) is 30.7. The largest absolute Gasteiger partial charge is 0.490 e. The number of ether oxygens (including phenoxy) is 4. The number of hydrogen-bond acceptors (Lipinski definition) is 10. The van der Waals surface area contributed by atoms with Crippen LogP contribution in [-0.2, 0) is 19.1 Å². The molecular weight excluding hydrogens is 438 g/mol. The molecule has 0 spiro atoms. The number of rotatable bonds is 9. The number of nitrogens with two attached hydrogens (primary N) is 1. The van der Waals surface area contributed by atoms with Gasteiger partial charge in [-0.3, -0.25) is 10.1 Å². The molecule has 1 aliphatic rings. The first-order chi connectivity index (χ1) is 15.6. The van der Waals surface area contributed by atoms with Crippen LogP contribution in [0.5, 0.6) is 11.5 Å². The zero-order valence-corrected chi connectivity index (χ0v) is 18.4. The fourth-order valence-corrected chi connectivity index (χ4v) is 3.21. The quantitative estimate of drug-likeness (QED) is 0.313. The van der Waals surface area contributed by atoms with Crippen LogP contribution in [0.3, 0.4) is 0 Å². The van der Waals surface area contributed by atoms with Gasteiger partial charge in [-0.25, -0.2) is 9.59 Å². The third-order valence-corrected chi connectivity index (χ3v) is 4.63. The molecule has 0 fully saturated rings. The number of carboxylic acid groups (broad SMARTS) is 1. The topological polar surface area (TPSA) is 184 Å². The molecule has 1 heterocycles. The Morgan fingerprint density at radius 2 is 2.03 bits per heavy atom. The van der Waals surface area contributed by atoms with Crippen molar-refractivity contribution in [1.29, 1.82) is 5.26 Å². The van der Waals surface area contributed by atoms with E-state index < -0.39 is 40.3 Å². The predicted octanol–water partition coefficient (Wildman–Crippen LogP) is 2.49. The normalized spacial score (nSPS) is 16.4. The molecule has 0 aliphatic carbocycles. The number of carbonyl (C=O) groups is 2. The third-order valence-electron chi connectivity index (χ3n) is 4.63. The first-order valence-electron chi connectivity index (χ1n) is 9.87. The van der Waals surface area contributed by atoms with Crippen molar-refractivity contribution < 1.29 is 38.6 Å². The van der Waals surface area contributed by atoms with Crippen LogP contribution in [0.4, 0.5) is 5.69 Å². The molecule has 1 aromatic rings. The van der Waals surface area contributed by atoms with Crippen molar-refractivity contribution in [2.24, 2.45) is 5.73 Å². The summed E-state index contributed by atoms with van der Waals surface area (Å²) in [4.78, 5) is 35.0. The van der Waals surface area contributed by atoms with Crippen molar-refractivity contribution in [2.75, 3.05) is 13.2 Å². The molecule has 176 valence electrons. The highest BCUT2D eigenvalue weighted by molar-refractivity contribution is 5.92. The Morgan fingerprint density at radius 3 is 2.55 bits per heavy atom. The van der Waals surface area contributed by atoms with Crippen molar-refractivity contribution in [1.82, 2.24) is 0 Å². The predicted molar refractivity (Wildman–Crippen MR) is 112 cm³/mol. The number of nitrogens with zero attached hydrogens (tertiary/aromatic N) is 2. The highest BCUT2D eigenvalue weighted by Gasteiger charge is 2.38. The zero-order chi connectivity index (χ0) is 24.9. The third kappa shape index (κ3) is 5.15. The maximum absolute atomic E-state index is 12.7. The van der Waals surface area contributed by atoms with Gasteiger partial charge in [0.2, 0.25) is 11.6 Å². The van der Waals surface area contributed by atoms with E-state index >= 15 is 0 Å². The number of nitro benzene ring substituents is 1. The number of carboxylic acids is 1. The Bertz CT molecular complexity index is 1090. The van der Waals surface area contributed by atoms with Gasteiger partial charge in [0.05, 0.1) is 29.6 Å². The number of esters is 1. The van der Waals surface area contributed by atoms with E-state index in [4.69, 9.17) is 29.8 Å². The zero-order valence-electron chi connectivity index (χ0n) is 18.4. The van der Waals surface area contributed by atoms with Gasteiger partial charge >= 0.3 is 17.6 Å². The number of nitro groups is 1. The number of benzene rings is 1. The van der Waals surface area contributed by atoms with Crippen LogP contribution in [0, 0.1) is 21.4 Å². The first-order valence-corrected chi connectivity index (χ1v) is 9.87. The molecule has 0 aromatic heterocycles. The number of carbonyl (C=O) groups excluding carboxylic acids is 1. The molecule has 33 heavy (non-hydrogen) atoms. The summed E-state index contributed by atoms with van der Waals surface area (Å²) < 4.78 is 21.2. The van der Waals surface area contributed by atoms with Crippen LogP contribution in [-0.4, -0.2) is 41.3 Å². The Morgan fingerprint density at radius 1 is 1.36 bits per heavy atom. The molecule has 0 radical (unpaired) electrons. The van der Waals surface area contributed by atoms with Crippen LogP contribution >= 0.6 is 0 Å². The molecule has 12 nitrogen and oxygen atoms in total. The fourth-order valence-electron chi connectivity index (χ4n) is 3.21. The van der Waals surface area contributed by atoms with E-state index in [1.165, 1.54) is 19.9 Å². The highest BCUT2D eigenvalue weighted by Crippen LogP contribution is 2.46. The van der Waals surface area contributed by atoms with Gasteiger partial charge in [0, 0.05) is 6.07 Å². The van der Waals surface area contributed by atoms with Gasteiger partial charge in [0.15, 0.2) is 11.9 Å². The van der Waals surface area contributed by atoms with Gasteiger partial charge in [-0.05, 0) is 39.3 Å². The van der Waals surface area contributed by atoms with Gasteiger partial charge in [-0.15, -0.1) is 0 Å². The van der Waals surface area contributed by atoms with E-state index in [0.717, 1.165) is 6.07 Å². The van der Waals surface area contributed by atoms with E-state index in [-0.39, 0.29) is 47.3 Å². The van der Waals surface area contributed by atoms with Gasteiger partial charge < -0.3 is 29.8 Å². The lowest BCUT2D eigenvalue weighted by Crippen LogP contribution is -2.26. The van der Waals surface area contributed by atoms with Crippen LogP contribution in [0.1, 0.15) is 39.2 Å². The molecule has 3 N–H and O–H groups in total. The van der Waals surface area contributed by atoms with Crippen LogP contribution in [0.15, 0.2) is 34.9 Å². The van der Waals surface area contributed by atoms with Crippen LogP contribution in [0.25, 0.3) is 0 Å². The Kier molecular flexibility index (Phi) is 7.85. The van der Waals surface area contributed by atoms with Crippen LogP contribution < -0.4 is 15.2 Å². The lowest BCUT2D eigenvalue weighted by molar-refractivity contribution is -0.386. The summed E-state index contributed by atoms with van der Waals surface area (Å²) in [6.45, 7) is 5.96. The minimum Gasteiger partial charge on any atom is -0.490 e.